The molecule has 0 radical (unpaired) electrons. The summed E-state index contributed by atoms with van der Waals surface area (Å²) in [6, 6.07) is 9.05. The predicted octanol–water partition coefficient (Wildman–Crippen LogP) is 3.03. The fourth-order valence-corrected chi connectivity index (χ4v) is 1.77. The van der Waals surface area contributed by atoms with Crippen molar-refractivity contribution in [2.75, 3.05) is 5.32 Å². The van der Waals surface area contributed by atoms with Crippen molar-refractivity contribution in [3.63, 3.8) is 0 Å². The van der Waals surface area contributed by atoms with E-state index in [-0.39, 0.29) is 11.3 Å². The Morgan fingerprint density at radius 2 is 2.06 bits per heavy atom. The van der Waals surface area contributed by atoms with Crippen molar-refractivity contribution >= 4 is 23.2 Å². The number of hydrogen-bond donors (Lipinski definition) is 1. The van der Waals surface area contributed by atoms with Crippen LogP contribution in [0.2, 0.25) is 0 Å². The van der Waals surface area contributed by atoms with Crippen LogP contribution in [0.25, 0.3) is 0 Å². The monoisotopic (exact) mass is 261 g/mol. The highest BCUT2D eigenvalue weighted by molar-refractivity contribution is 6.21. The highest BCUT2D eigenvalue weighted by Gasteiger charge is 2.11. The number of nitrogens with one attached hydrogen (secondary N) is 1. The number of aromatic nitrogens is 2. The van der Waals surface area contributed by atoms with E-state index in [1.807, 2.05) is 31.2 Å². The molecule has 1 atom stereocenters. The summed E-state index contributed by atoms with van der Waals surface area (Å²) in [6.07, 6.45) is 2.90. The van der Waals surface area contributed by atoms with Crippen LogP contribution in [0.1, 0.15) is 28.2 Å². The number of rotatable bonds is 3. The van der Waals surface area contributed by atoms with E-state index < -0.39 is 0 Å². The molecule has 18 heavy (non-hydrogen) atoms. The second-order valence-corrected chi connectivity index (χ2v) is 4.44. The molecule has 0 fully saturated rings. The van der Waals surface area contributed by atoms with Crippen LogP contribution in [-0.2, 0) is 0 Å². The summed E-state index contributed by atoms with van der Waals surface area (Å²) < 4.78 is 0. The summed E-state index contributed by atoms with van der Waals surface area (Å²) >= 11 is 6.06. The second-order valence-electron chi connectivity index (χ2n) is 3.79. The first-order valence-corrected chi connectivity index (χ1v) is 5.93. The minimum Gasteiger partial charge on any atom is -0.322 e. The summed E-state index contributed by atoms with van der Waals surface area (Å²) in [5.41, 5.74) is 2.05. The molecule has 1 aromatic carbocycles. The average molecular weight is 262 g/mol. The minimum absolute atomic E-state index is 0.169. The van der Waals surface area contributed by atoms with Gasteiger partial charge in [-0.1, -0.05) is 18.2 Å². The van der Waals surface area contributed by atoms with Crippen LogP contribution < -0.4 is 5.32 Å². The lowest BCUT2D eigenvalue weighted by atomic mass is 10.1. The van der Waals surface area contributed by atoms with Crippen molar-refractivity contribution in [2.24, 2.45) is 0 Å². The molecule has 1 N–H and O–H groups in total. The van der Waals surface area contributed by atoms with Crippen molar-refractivity contribution in [2.45, 2.75) is 12.3 Å². The van der Waals surface area contributed by atoms with E-state index in [9.17, 15) is 4.79 Å². The molecule has 0 saturated heterocycles. The number of carbonyl (C=O) groups excluding carboxylic acids is 1. The lowest BCUT2D eigenvalue weighted by molar-refractivity contribution is 0.102. The third-order valence-corrected chi connectivity index (χ3v) is 2.72. The maximum Gasteiger partial charge on any atom is 0.257 e. The molecule has 0 aliphatic carbocycles. The van der Waals surface area contributed by atoms with Gasteiger partial charge in [-0.15, -0.1) is 11.6 Å². The Balaban J connectivity index is 2.22. The Kier molecular flexibility index (Phi) is 3.89. The molecule has 0 saturated carbocycles. The molecule has 0 aliphatic heterocycles. The van der Waals surface area contributed by atoms with Gasteiger partial charge in [0.25, 0.3) is 5.91 Å². The molecule has 0 bridgehead atoms. The van der Waals surface area contributed by atoms with Gasteiger partial charge >= 0.3 is 0 Å². The summed E-state index contributed by atoms with van der Waals surface area (Å²) in [5, 5.41) is 9.95. The number of nitrogens with zero attached hydrogens (tertiary/aromatic N) is 2. The molecule has 0 aliphatic rings. The summed E-state index contributed by atoms with van der Waals surface area (Å²) in [5.74, 6) is -0.227. The minimum atomic E-state index is -0.227. The van der Waals surface area contributed by atoms with E-state index in [1.165, 1.54) is 12.4 Å². The Bertz CT molecular complexity index is 543. The topological polar surface area (TPSA) is 54.9 Å². The molecule has 2 rings (SSSR count). The first-order valence-electron chi connectivity index (χ1n) is 5.49. The van der Waals surface area contributed by atoms with Crippen LogP contribution in [0.3, 0.4) is 0 Å². The summed E-state index contributed by atoms with van der Waals surface area (Å²) in [6.45, 7) is 1.86. The second kappa shape index (κ2) is 5.60. The third kappa shape index (κ3) is 2.84. The average Bonchev–Trinajstić information content (AvgIpc) is 2.40. The van der Waals surface area contributed by atoms with Gasteiger partial charge in [0, 0.05) is 5.69 Å². The maximum absolute atomic E-state index is 12.0. The maximum atomic E-state index is 12.0. The molecular weight excluding hydrogens is 250 g/mol. The van der Waals surface area contributed by atoms with Crippen molar-refractivity contribution in [1.82, 2.24) is 10.2 Å². The number of para-hydroxylation sites is 1. The van der Waals surface area contributed by atoms with Gasteiger partial charge in [-0.2, -0.15) is 10.2 Å². The van der Waals surface area contributed by atoms with Gasteiger partial charge in [0.1, 0.15) is 0 Å². The first-order chi connectivity index (χ1) is 8.68. The van der Waals surface area contributed by atoms with Gasteiger partial charge in [-0.25, -0.2) is 0 Å². The fourth-order valence-electron chi connectivity index (χ4n) is 1.58. The van der Waals surface area contributed by atoms with Crippen LogP contribution in [0.15, 0.2) is 42.7 Å². The zero-order valence-electron chi connectivity index (χ0n) is 9.80. The Morgan fingerprint density at radius 1 is 1.28 bits per heavy atom. The number of benzene rings is 1. The van der Waals surface area contributed by atoms with Crippen molar-refractivity contribution in [3.05, 3.63) is 53.9 Å². The SMILES string of the molecule is CC(Cl)c1ccccc1NC(=O)c1ccnnc1. The van der Waals surface area contributed by atoms with E-state index in [2.05, 4.69) is 15.5 Å². The smallest absolute Gasteiger partial charge is 0.257 e. The fraction of sp³-hybridized carbons (Fsp3) is 0.154. The predicted molar refractivity (Wildman–Crippen MR) is 70.7 cm³/mol. The Labute approximate surface area is 110 Å². The van der Waals surface area contributed by atoms with Crippen LogP contribution in [-0.4, -0.2) is 16.1 Å². The Hall–Kier alpha value is -1.94. The molecule has 0 spiro atoms. The van der Waals surface area contributed by atoms with Crippen LogP contribution in [0.5, 0.6) is 0 Å². The van der Waals surface area contributed by atoms with Crippen LogP contribution >= 0.6 is 11.6 Å². The molecule has 1 unspecified atom stereocenters. The highest BCUT2D eigenvalue weighted by atomic mass is 35.5. The quantitative estimate of drug-likeness (QED) is 0.864. The number of amides is 1. The van der Waals surface area contributed by atoms with E-state index in [0.29, 0.717) is 11.3 Å². The first kappa shape index (κ1) is 12.5. The van der Waals surface area contributed by atoms with Crippen molar-refractivity contribution < 1.29 is 4.79 Å². The zero-order chi connectivity index (χ0) is 13.0. The number of hydrogen-bond acceptors (Lipinski definition) is 3. The largest absolute Gasteiger partial charge is 0.322 e. The number of carbonyl (C=O) groups is 1. The lowest BCUT2D eigenvalue weighted by Gasteiger charge is -2.12. The van der Waals surface area contributed by atoms with Crippen LogP contribution in [0.4, 0.5) is 5.69 Å². The van der Waals surface area contributed by atoms with Gasteiger partial charge in [0.2, 0.25) is 0 Å². The van der Waals surface area contributed by atoms with E-state index in [4.69, 9.17) is 11.6 Å². The van der Waals surface area contributed by atoms with Gasteiger partial charge < -0.3 is 5.32 Å². The molecule has 1 aromatic heterocycles. The zero-order valence-corrected chi connectivity index (χ0v) is 10.6. The van der Waals surface area contributed by atoms with E-state index in [0.717, 1.165) is 5.56 Å². The third-order valence-electron chi connectivity index (χ3n) is 2.48. The molecule has 5 heteroatoms. The molecule has 4 nitrogen and oxygen atoms in total. The molecule has 1 amide bonds. The molecule has 92 valence electrons. The summed E-state index contributed by atoms with van der Waals surface area (Å²) in [4.78, 5) is 12.0. The van der Waals surface area contributed by atoms with Gasteiger partial charge in [-0.05, 0) is 24.6 Å². The standard InChI is InChI=1S/C13H12ClN3O/c1-9(14)11-4-2-3-5-12(11)17-13(18)10-6-7-15-16-8-10/h2-9H,1H3,(H,17,18). The molecule has 1 heterocycles. The van der Waals surface area contributed by atoms with Gasteiger partial charge in [-0.3, -0.25) is 4.79 Å². The lowest BCUT2D eigenvalue weighted by Crippen LogP contribution is -2.13. The van der Waals surface area contributed by atoms with Gasteiger partial charge in [0.15, 0.2) is 0 Å². The number of anilines is 1. The van der Waals surface area contributed by atoms with Crippen molar-refractivity contribution in [3.8, 4) is 0 Å². The number of alkyl halides is 1. The molecular formula is C13H12ClN3O. The number of halogens is 1. The van der Waals surface area contributed by atoms with Gasteiger partial charge in [0.05, 0.1) is 23.3 Å². The molecule has 2 aromatic rings. The normalized spacial score (nSPS) is 11.9. The summed E-state index contributed by atoms with van der Waals surface area (Å²) in [7, 11) is 0. The van der Waals surface area contributed by atoms with E-state index in [1.54, 1.807) is 6.07 Å². The van der Waals surface area contributed by atoms with E-state index >= 15 is 0 Å². The highest BCUT2D eigenvalue weighted by Crippen LogP contribution is 2.27. The van der Waals surface area contributed by atoms with Crippen molar-refractivity contribution in [1.29, 1.82) is 0 Å². The van der Waals surface area contributed by atoms with Crippen LogP contribution in [0, 0.1) is 0 Å². The Morgan fingerprint density at radius 3 is 2.72 bits per heavy atom.